The Bertz CT molecular complexity index is 1280. The molecule has 0 saturated carbocycles. The number of nitrogens with zero attached hydrogens (tertiary/aromatic N) is 3. The van der Waals surface area contributed by atoms with E-state index in [-0.39, 0.29) is 40.4 Å². The average Bonchev–Trinajstić information content (AvgIpc) is 3.21. The molecule has 4 rings (SSSR count). The molecule has 0 amide bonds. The summed E-state index contributed by atoms with van der Waals surface area (Å²) in [5.41, 5.74) is 3.34. The number of benzene rings is 2. The number of hydrogen-bond donors (Lipinski definition) is 0. The maximum absolute atomic E-state index is 14.3. The quantitative estimate of drug-likeness (QED) is 0.342. The SMILES string of the molecule is CC(C)(C)c1cc2c(c(C(C)(C)C)c1)OCC(c1noc(-c3cc([N+](=O)[O-])ccc3F)n1)=C2. The van der Waals surface area contributed by atoms with Crippen LogP contribution in [-0.4, -0.2) is 21.7 Å². The highest BCUT2D eigenvalue weighted by Crippen LogP contribution is 2.42. The number of ether oxygens (including phenoxy) is 1. The van der Waals surface area contributed by atoms with E-state index in [1.807, 2.05) is 6.08 Å². The van der Waals surface area contributed by atoms with Crippen molar-refractivity contribution in [2.45, 2.75) is 52.4 Å². The minimum atomic E-state index is -0.681. The van der Waals surface area contributed by atoms with E-state index in [1.165, 1.54) is 5.56 Å². The number of fused-ring (bicyclic) bond motifs is 1. The maximum Gasteiger partial charge on any atom is 0.270 e. The minimum Gasteiger partial charge on any atom is -0.488 e. The van der Waals surface area contributed by atoms with Crippen LogP contribution in [0.5, 0.6) is 5.75 Å². The molecule has 0 fully saturated rings. The zero-order chi connectivity index (χ0) is 24.1. The number of nitro groups is 1. The lowest BCUT2D eigenvalue weighted by atomic mass is 9.78. The Morgan fingerprint density at radius 3 is 2.42 bits per heavy atom. The molecule has 8 heteroatoms. The Hall–Kier alpha value is -3.55. The zero-order valence-electron chi connectivity index (χ0n) is 19.5. The molecule has 0 saturated heterocycles. The first-order valence-corrected chi connectivity index (χ1v) is 10.7. The summed E-state index contributed by atoms with van der Waals surface area (Å²) in [7, 11) is 0. The molecule has 0 unspecified atom stereocenters. The number of aromatic nitrogens is 2. The lowest BCUT2D eigenvalue weighted by molar-refractivity contribution is -0.384. The van der Waals surface area contributed by atoms with Gasteiger partial charge in [-0.2, -0.15) is 4.98 Å². The molecule has 0 atom stereocenters. The second-order valence-corrected chi connectivity index (χ2v) is 10.2. The van der Waals surface area contributed by atoms with Crippen LogP contribution in [0, 0.1) is 15.9 Å². The highest BCUT2D eigenvalue weighted by Gasteiger charge is 2.29. The van der Waals surface area contributed by atoms with Crippen LogP contribution in [0.3, 0.4) is 0 Å². The molecule has 0 spiro atoms. The molecule has 1 aromatic heterocycles. The lowest BCUT2D eigenvalue weighted by Gasteiger charge is -2.30. The summed E-state index contributed by atoms with van der Waals surface area (Å²) in [5.74, 6) is 0.268. The van der Waals surface area contributed by atoms with Gasteiger partial charge in [-0.1, -0.05) is 52.8 Å². The molecular weight excluding hydrogens is 425 g/mol. The molecule has 0 N–H and O–H groups in total. The number of hydrogen-bond acceptors (Lipinski definition) is 6. The number of non-ortho nitro benzene ring substituents is 1. The normalized spacial score (nSPS) is 13.8. The van der Waals surface area contributed by atoms with Gasteiger partial charge in [-0.05, 0) is 34.6 Å². The van der Waals surface area contributed by atoms with Gasteiger partial charge >= 0.3 is 0 Å². The van der Waals surface area contributed by atoms with Gasteiger partial charge in [0.15, 0.2) is 0 Å². The summed E-state index contributed by atoms with van der Waals surface area (Å²) in [5, 5.41) is 15.0. The summed E-state index contributed by atoms with van der Waals surface area (Å²) >= 11 is 0. The Morgan fingerprint density at radius 2 is 1.79 bits per heavy atom. The van der Waals surface area contributed by atoms with Crippen LogP contribution in [0.1, 0.15) is 64.1 Å². The Labute approximate surface area is 191 Å². The van der Waals surface area contributed by atoms with Gasteiger partial charge in [0.2, 0.25) is 5.82 Å². The van der Waals surface area contributed by atoms with Gasteiger partial charge in [0.05, 0.1) is 10.5 Å². The van der Waals surface area contributed by atoms with Crippen molar-refractivity contribution in [3.05, 3.63) is 68.8 Å². The first kappa shape index (κ1) is 22.6. The monoisotopic (exact) mass is 451 g/mol. The molecule has 3 aromatic rings. The average molecular weight is 451 g/mol. The smallest absolute Gasteiger partial charge is 0.270 e. The second kappa shape index (κ2) is 7.79. The van der Waals surface area contributed by atoms with Crippen molar-refractivity contribution in [2.24, 2.45) is 0 Å². The predicted molar refractivity (Wildman–Crippen MR) is 124 cm³/mol. The second-order valence-electron chi connectivity index (χ2n) is 10.2. The molecule has 33 heavy (non-hydrogen) atoms. The van der Waals surface area contributed by atoms with E-state index in [2.05, 4.69) is 63.8 Å². The molecule has 2 heterocycles. The number of rotatable bonds is 3. The third-order valence-electron chi connectivity index (χ3n) is 5.60. The molecule has 172 valence electrons. The molecule has 7 nitrogen and oxygen atoms in total. The van der Waals surface area contributed by atoms with Crippen molar-refractivity contribution in [2.75, 3.05) is 6.61 Å². The Kier molecular flexibility index (Phi) is 5.35. The first-order chi connectivity index (χ1) is 15.3. The topological polar surface area (TPSA) is 91.3 Å². The molecule has 0 bridgehead atoms. The van der Waals surface area contributed by atoms with Crippen molar-refractivity contribution in [3.8, 4) is 17.2 Å². The molecule has 1 aliphatic rings. The summed E-state index contributed by atoms with van der Waals surface area (Å²) in [6.45, 7) is 13.2. The number of nitro benzene ring substituents is 1. The fourth-order valence-electron chi connectivity index (χ4n) is 3.67. The van der Waals surface area contributed by atoms with Gasteiger partial charge in [-0.3, -0.25) is 10.1 Å². The van der Waals surface area contributed by atoms with Crippen LogP contribution >= 0.6 is 0 Å². The third-order valence-corrected chi connectivity index (χ3v) is 5.60. The van der Waals surface area contributed by atoms with Gasteiger partial charge in [0.1, 0.15) is 18.2 Å². The highest BCUT2D eigenvalue weighted by molar-refractivity contribution is 5.84. The fraction of sp³-hybridized carbons (Fsp3) is 0.360. The summed E-state index contributed by atoms with van der Waals surface area (Å²) in [4.78, 5) is 14.7. The van der Waals surface area contributed by atoms with E-state index < -0.39 is 10.7 Å². The van der Waals surface area contributed by atoms with E-state index in [1.54, 1.807) is 0 Å². The van der Waals surface area contributed by atoms with Gasteiger partial charge in [0, 0.05) is 28.8 Å². The lowest BCUT2D eigenvalue weighted by Crippen LogP contribution is -2.20. The number of halogens is 1. The van der Waals surface area contributed by atoms with Crippen molar-refractivity contribution in [3.63, 3.8) is 0 Å². The summed E-state index contributed by atoms with van der Waals surface area (Å²) in [6.07, 6.45) is 1.96. The fourth-order valence-corrected chi connectivity index (χ4v) is 3.67. The van der Waals surface area contributed by atoms with Crippen molar-refractivity contribution >= 4 is 17.3 Å². The molecule has 1 aliphatic heterocycles. The Balaban J connectivity index is 1.78. The zero-order valence-corrected chi connectivity index (χ0v) is 19.5. The Morgan fingerprint density at radius 1 is 1.06 bits per heavy atom. The van der Waals surface area contributed by atoms with Crippen molar-refractivity contribution < 1.29 is 18.6 Å². The van der Waals surface area contributed by atoms with Crippen LogP contribution in [0.25, 0.3) is 23.1 Å². The third kappa shape index (κ3) is 4.37. The molecule has 0 radical (unpaired) electrons. The maximum atomic E-state index is 14.3. The van der Waals surface area contributed by atoms with Crippen LogP contribution in [-0.2, 0) is 10.8 Å². The van der Waals surface area contributed by atoms with E-state index in [0.717, 1.165) is 35.1 Å². The summed E-state index contributed by atoms with van der Waals surface area (Å²) < 4.78 is 25.7. The van der Waals surface area contributed by atoms with E-state index in [0.29, 0.717) is 5.57 Å². The van der Waals surface area contributed by atoms with Gasteiger partial charge in [0.25, 0.3) is 11.6 Å². The van der Waals surface area contributed by atoms with Crippen LogP contribution < -0.4 is 4.74 Å². The highest BCUT2D eigenvalue weighted by atomic mass is 19.1. The van der Waals surface area contributed by atoms with Crippen molar-refractivity contribution in [1.29, 1.82) is 0 Å². The van der Waals surface area contributed by atoms with Crippen LogP contribution in [0.15, 0.2) is 34.9 Å². The van der Waals surface area contributed by atoms with Crippen LogP contribution in [0.2, 0.25) is 0 Å². The molecular formula is C25H26FN3O4. The summed E-state index contributed by atoms with van der Waals surface area (Å²) in [6, 6.07) is 7.49. The van der Waals surface area contributed by atoms with E-state index in [4.69, 9.17) is 9.26 Å². The first-order valence-electron chi connectivity index (χ1n) is 10.7. The minimum absolute atomic E-state index is 0.0562. The predicted octanol–water partition coefficient (Wildman–Crippen LogP) is 6.31. The van der Waals surface area contributed by atoms with Gasteiger partial charge < -0.3 is 9.26 Å². The van der Waals surface area contributed by atoms with Gasteiger partial charge in [-0.15, -0.1) is 0 Å². The van der Waals surface area contributed by atoms with E-state index in [9.17, 15) is 14.5 Å². The van der Waals surface area contributed by atoms with Gasteiger partial charge in [-0.25, -0.2) is 4.39 Å². The molecule has 2 aromatic carbocycles. The standard InChI is InChI=1S/C25H26FN3O4/c1-24(2,3)16-10-14-9-15(13-32-21(14)19(11-16)25(4,5)6)22-27-23(33-28-22)18-12-17(29(30)31)7-8-20(18)26/h7-12H,13H2,1-6H3. The van der Waals surface area contributed by atoms with E-state index >= 15 is 0 Å². The molecule has 0 aliphatic carbocycles. The largest absolute Gasteiger partial charge is 0.488 e. The van der Waals surface area contributed by atoms with Crippen molar-refractivity contribution in [1.82, 2.24) is 10.1 Å². The van der Waals surface area contributed by atoms with Crippen LogP contribution in [0.4, 0.5) is 10.1 Å².